The molecular weight excluding hydrogens is 234 g/mol. The number of carbonyl (C=O) groups is 3. The molecule has 0 fully saturated rings. The highest BCUT2D eigenvalue weighted by molar-refractivity contribution is 5.95. The Morgan fingerprint density at radius 3 is 1.56 bits per heavy atom. The minimum atomic E-state index is -0.264. The third kappa shape index (κ3) is 4.65. The van der Waals surface area contributed by atoms with Crippen LogP contribution in [0.3, 0.4) is 0 Å². The van der Waals surface area contributed by atoms with Gasteiger partial charge >= 0.3 is 0 Å². The second-order valence-corrected chi connectivity index (χ2v) is 3.74. The van der Waals surface area contributed by atoms with Gasteiger partial charge in [0.25, 0.3) is 0 Å². The predicted octanol–water partition coefficient (Wildman–Crippen LogP) is 1.36. The van der Waals surface area contributed by atoms with Gasteiger partial charge in [-0.15, -0.1) is 0 Å². The van der Waals surface area contributed by atoms with E-state index in [9.17, 15) is 14.4 Å². The molecule has 0 aromatic heterocycles. The minimum absolute atomic E-state index is 0.247. The molecule has 18 heavy (non-hydrogen) atoms. The molecule has 95 valence electrons. The smallest absolute Gasteiger partial charge is 0.221 e. The van der Waals surface area contributed by atoms with Crippen molar-refractivity contribution in [3.05, 3.63) is 18.2 Å². The minimum Gasteiger partial charge on any atom is -0.326 e. The molecule has 0 bridgehead atoms. The molecule has 1 radical (unpaired) electrons. The largest absolute Gasteiger partial charge is 0.326 e. The highest BCUT2D eigenvalue weighted by Gasteiger charge is 2.05. The van der Waals surface area contributed by atoms with E-state index in [1.54, 1.807) is 12.1 Å². The second-order valence-electron chi connectivity index (χ2n) is 3.74. The Morgan fingerprint density at radius 2 is 1.22 bits per heavy atom. The molecule has 0 heterocycles. The van der Waals surface area contributed by atoms with Gasteiger partial charge in [-0.1, -0.05) is 0 Å². The van der Waals surface area contributed by atoms with Crippen molar-refractivity contribution in [1.29, 1.82) is 0 Å². The second kappa shape index (κ2) is 5.81. The van der Waals surface area contributed by atoms with Crippen LogP contribution in [-0.2, 0) is 14.4 Å². The standard InChI is InChI=1S/C12H14N3O3/c1-7(16)13-10-4-11(14-8(2)17)6-12(5-10)15-9(3)18/h4-5H,1-3H3,(H,13,16)(H,14,17)(H,15,18). The Hall–Kier alpha value is -2.37. The molecular formula is C12H14N3O3. The zero-order chi connectivity index (χ0) is 13.7. The molecule has 3 amide bonds. The van der Waals surface area contributed by atoms with Crippen LogP contribution >= 0.6 is 0 Å². The summed E-state index contributed by atoms with van der Waals surface area (Å²) in [5.74, 6) is -0.774. The summed E-state index contributed by atoms with van der Waals surface area (Å²) in [5, 5.41) is 7.64. The van der Waals surface area contributed by atoms with Crippen molar-refractivity contribution in [2.45, 2.75) is 20.8 Å². The normalized spacial score (nSPS) is 9.50. The topological polar surface area (TPSA) is 87.3 Å². The zero-order valence-electron chi connectivity index (χ0n) is 10.4. The molecule has 1 aromatic carbocycles. The van der Waals surface area contributed by atoms with Crippen LogP contribution in [-0.4, -0.2) is 17.7 Å². The fourth-order valence-corrected chi connectivity index (χ4v) is 1.36. The van der Waals surface area contributed by atoms with Gasteiger partial charge < -0.3 is 16.0 Å². The molecule has 3 N–H and O–H groups in total. The lowest BCUT2D eigenvalue weighted by atomic mass is 10.2. The van der Waals surface area contributed by atoms with Gasteiger partial charge in [0, 0.05) is 32.5 Å². The number of hydrogen-bond donors (Lipinski definition) is 3. The molecule has 0 saturated heterocycles. The Balaban J connectivity index is 3.06. The molecule has 6 nitrogen and oxygen atoms in total. The van der Waals surface area contributed by atoms with E-state index in [1.807, 2.05) is 0 Å². The van der Waals surface area contributed by atoms with Crippen LogP contribution in [0, 0.1) is 6.07 Å². The first-order chi connectivity index (χ1) is 8.36. The predicted molar refractivity (Wildman–Crippen MR) is 68.2 cm³/mol. The molecule has 1 rings (SSSR count). The van der Waals surface area contributed by atoms with Crippen molar-refractivity contribution in [2.75, 3.05) is 16.0 Å². The number of nitrogens with one attached hydrogen (secondary N) is 3. The maximum absolute atomic E-state index is 11.0. The third-order valence-electron chi connectivity index (χ3n) is 1.81. The van der Waals surface area contributed by atoms with E-state index in [4.69, 9.17) is 0 Å². The van der Waals surface area contributed by atoms with Crippen LogP contribution in [0.2, 0.25) is 0 Å². The molecule has 0 atom stereocenters. The Morgan fingerprint density at radius 1 is 0.833 bits per heavy atom. The molecule has 0 spiro atoms. The summed E-state index contributed by atoms with van der Waals surface area (Å²) >= 11 is 0. The lowest BCUT2D eigenvalue weighted by Crippen LogP contribution is -2.11. The summed E-state index contributed by atoms with van der Waals surface area (Å²) in [5.41, 5.74) is 1.21. The van der Waals surface area contributed by atoms with Gasteiger partial charge in [0.1, 0.15) is 0 Å². The summed E-state index contributed by atoms with van der Waals surface area (Å²) in [4.78, 5) is 32.9. The highest BCUT2D eigenvalue weighted by atomic mass is 16.2. The Bertz CT molecular complexity index is 414. The quantitative estimate of drug-likeness (QED) is 0.754. The number of carbonyl (C=O) groups excluding carboxylic acids is 3. The summed E-state index contributed by atoms with van der Waals surface area (Å²) in [7, 11) is 0. The van der Waals surface area contributed by atoms with E-state index in [0.717, 1.165) is 0 Å². The first-order valence-corrected chi connectivity index (χ1v) is 5.27. The van der Waals surface area contributed by atoms with Gasteiger partial charge in [0.2, 0.25) is 17.7 Å². The fraction of sp³-hybridized carbons (Fsp3) is 0.250. The van der Waals surface area contributed by atoms with Crippen molar-refractivity contribution in [3.63, 3.8) is 0 Å². The van der Waals surface area contributed by atoms with Crippen molar-refractivity contribution in [2.24, 2.45) is 0 Å². The highest BCUT2D eigenvalue weighted by Crippen LogP contribution is 2.22. The van der Waals surface area contributed by atoms with Crippen molar-refractivity contribution >= 4 is 34.8 Å². The maximum atomic E-state index is 11.0. The van der Waals surface area contributed by atoms with Crippen molar-refractivity contribution < 1.29 is 14.4 Å². The van der Waals surface area contributed by atoms with E-state index >= 15 is 0 Å². The van der Waals surface area contributed by atoms with Crippen LogP contribution < -0.4 is 16.0 Å². The third-order valence-corrected chi connectivity index (χ3v) is 1.81. The molecule has 0 aliphatic carbocycles. The van der Waals surface area contributed by atoms with E-state index in [-0.39, 0.29) is 17.7 Å². The SMILES string of the molecule is CC(=O)Nc1[c]c(NC(C)=O)cc(NC(C)=O)c1. The van der Waals surface area contributed by atoms with Crippen LogP contribution in [0.5, 0.6) is 0 Å². The number of hydrogen-bond acceptors (Lipinski definition) is 3. The summed E-state index contributed by atoms with van der Waals surface area (Å²) in [6, 6.07) is 5.90. The van der Waals surface area contributed by atoms with Crippen LogP contribution in [0.25, 0.3) is 0 Å². The van der Waals surface area contributed by atoms with Gasteiger partial charge in [-0.05, 0) is 12.1 Å². The van der Waals surface area contributed by atoms with Gasteiger partial charge in [-0.3, -0.25) is 14.4 Å². The Kier molecular flexibility index (Phi) is 4.42. The zero-order valence-corrected chi connectivity index (χ0v) is 10.4. The summed E-state index contributed by atoms with van der Waals surface area (Å²) < 4.78 is 0. The van der Waals surface area contributed by atoms with Crippen molar-refractivity contribution in [3.8, 4) is 0 Å². The van der Waals surface area contributed by atoms with Gasteiger partial charge in [-0.25, -0.2) is 0 Å². The number of anilines is 3. The summed E-state index contributed by atoms with van der Waals surface area (Å²) in [6.45, 7) is 4.08. The first kappa shape index (κ1) is 13.7. The van der Waals surface area contributed by atoms with Crippen molar-refractivity contribution in [1.82, 2.24) is 0 Å². The van der Waals surface area contributed by atoms with E-state index in [2.05, 4.69) is 22.0 Å². The van der Waals surface area contributed by atoms with E-state index < -0.39 is 0 Å². The first-order valence-electron chi connectivity index (χ1n) is 5.27. The monoisotopic (exact) mass is 248 g/mol. The van der Waals surface area contributed by atoms with Gasteiger partial charge in [0.15, 0.2) is 0 Å². The molecule has 0 aliphatic heterocycles. The van der Waals surface area contributed by atoms with Crippen LogP contribution in [0.1, 0.15) is 20.8 Å². The molecule has 6 heteroatoms. The average molecular weight is 248 g/mol. The molecule has 0 aliphatic rings. The van der Waals surface area contributed by atoms with E-state index in [0.29, 0.717) is 17.1 Å². The van der Waals surface area contributed by atoms with Crippen LogP contribution in [0.15, 0.2) is 12.1 Å². The molecule has 0 unspecified atom stereocenters. The van der Waals surface area contributed by atoms with E-state index in [1.165, 1.54) is 20.8 Å². The Labute approximate surface area is 105 Å². The lowest BCUT2D eigenvalue weighted by Gasteiger charge is -2.10. The van der Waals surface area contributed by atoms with Gasteiger partial charge in [-0.2, -0.15) is 0 Å². The molecule has 0 saturated carbocycles. The number of benzene rings is 1. The molecule has 1 aromatic rings. The van der Waals surface area contributed by atoms with Gasteiger partial charge in [0.05, 0.1) is 11.4 Å². The number of rotatable bonds is 3. The average Bonchev–Trinajstić information content (AvgIpc) is 2.12. The lowest BCUT2D eigenvalue weighted by molar-refractivity contribution is -0.115. The fourth-order valence-electron chi connectivity index (χ4n) is 1.36. The summed E-state index contributed by atoms with van der Waals surface area (Å²) in [6.07, 6.45) is 0. The number of amides is 3. The maximum Gasteiger partial charge on any atom is 0.221 e. The van der Waals surface area contributed by atoms with Crippen LogP contribution in [0.4, 0.5) is 17.1 Å².